The maximum absolute atomic E-state index is 10.0. The Morgan fingerprint density at radius 1 is 1.47 bits per heavy atom. The fraction of sp³-hybridized carbons (Fsp3) is 0.867. The zero-order valence-corrected chi connectivity index (χ0v) is 11.6. The van der Waals surface area contributed by atoms with Gasteiger partial charge in [0.25, 0.3) is 0 Å². The van der Waals surface area contributed by atoms with Crippen LogP contribution in [0.4, 0.5) is 0 Å². The molecule has 0 aromatic heterocycles. The minimum Gasteiger partial charge on any atom is -0.386 e. The summed E-state index contributed by atoms with van der Waals surface area (Å²) >= 11 is 0. The standard InChI is InChI=1S/C15H26O2/c1-6-14(4,16)9-7-11-13(2,3)12-8-10-15(11,5)17-12/h6,11-12,16H,1,7-10H2,2-5H3/t11-,12+,14?,15-/m0/s1. The summed E-state index contributed by atoms with van der Waals surface area (Å²) in [6.07, 6.45) is 6.21. The number of hydrogen-bond donors (Lipinski definition) is 1. The van der Waals surface area contributed by atoms with Gasteiger partial charge in [0.2, 0.25) is 0 Å². The summed E-state index contributed by atoms with van der Waals surface area (Å²) in [5, 5.41) is 10.0. The summed E-state index contributed by atoms with van der Waals surface area (Å²) in [6, 6.07) is 0. The van der Waals surface area contributed by atoms with Crippen LogP contribution in [0.25, 0.3) is 0 Å². The predicted molar refractivity (Wildman–Crippen MR) is 69.8 cm³/mol. The van der Waals surface area contributed by atoms with E-state index < -0.39 is 5.60 Å². The van der Waals surface area contributed by atoms with Gasteiger partial charge in [0, 0.05) is 0 Å². The van der Waals surface area contributed by atoms with Crippen LogP contribution in [-0.4, -0.2) is 22.4 Å². The van der Waals surface area contributed by atoms with Gasteiger partial charge in [-0.15, -0.1) is 6.58 Å². The molecule has 4 atom stereocenters. The van der Waals surface area contributed by atoms with E-state index in [-0.39, 0.29) is 11.0 Å². The highest BCUT2D eigenvalue weighted by Gasteiger charge is 2.60. The van der Waals surface area contributed by atoms with Crippen LogP contribution in [0.3, 0.4) is 0 Å². The van der Waals surface area contributed by atoms with Crippen LogP contribution in [0, 0.1) is 11.3 Å². The SMILES string of the molecule is C=CC(C)(O)CC[C@H]1C(C)(C)[C@H]2CC[C@]1(C)O2. The van der Waals surface area contributed by atoms with Crippen molar-refractivity contribution in [3.63, 3.8) is 0 Å². The molecule has 98 valence electrons. The second-order valence-corrected chi connectivity index (χ2v) is 6.93. The molecule has 2 aliphatic rings. The van der Waals surface area contributed by atoms with E-state index in [0.29, 0.717) is 12.0 Å². The first kappa shape index (κ1) is 13.1. The Morgan fingerprint density at radius 2 is 2.12 bits per heavy atom. The van der Waals surface area contributed by atoms with Crippen LogP contribution < -0.4 is 0 Å². The van der Waals surface area contributed by atoms with E-state index in [4.69, 9.17) is 4.74 Å². The van der Waals surface area contributed by atoms with Crippen LogP contribution in [0.5, 0.6) is 0 Å². The smallest absolute Gasteiger partial charge is 0.0797 e. The van der Waals surface area contributed by atoms with Crippen molar-refractivity contribution in [3.8, 4) is 0 Å². The lowest BCUT2D eigenvalue weighted by molar-refractivity contribution is -0.000250. The molecule has 17 heavy (non-hydrogen) atoms. The number of aliphatic hydroxyl groups is 1. The highest BCUT2D eigenvalue weighted by Crippen LogP contribution is 2.59. The molecule has 2 aliphatic heterocycles. The highest BCUT2D eigenvalue weighted by atomic mass is 16.5. The van der Waals surface area contributed by atoms with Crippen LogP contribution in [-0.2, 0) is 4.74 Å². The fourth-order valence-corrected chi connectivity index (χ4v) is 3.87. The Bertz CT molecular complexity index is 314. The van der Waals surface area contributed by atoms with Gasteiger partial charge in [0.05, 0.1) is 17.3 Å². The van der Waals surface area contributed by atoms with E-state index in [1.165, 1.54) is 12.8 Å². The molecule has 0 aromatic rings. The minimum absolute atomic E-state index is 0.0332. The number of hydrogen-bond acceptors (Lipinski definition) is 2. The van der Waals surface area contributed by atoms with E-state index in [1.807, 2.05) is 6.92 Å². The molecule has 1 unspecified atom stereocenters. The Labute approximate surface area is 105 Å². The molecular formula is C15H26O2. The number of rotatable bonds is 4. The summed E-state index contributed by atoms with van der Waals surface area (Å²) in [6.45, 7) is 12.4. The molecule has 0 saturated carbocycles. The van der Waals surface area contributed by atoms with Crippen molar-refractivity contribution in [2.75, 3.05) is 0 Å². The lowest BCUT2D eigenvalue weighted by Gasteiger charge is -2.40. The van der Waals surface area contributed by atoms with E-state index in [9.17, 15) is 5.11 Å². The molecule has 2 bridgehead atoms. The van der Waals surface area contributed by atoms with Gasteiger partial charge in [-0.1, -0.05) is 19.9 Å². The van der Waals surface area contributed by atoms with E-state index in [1.54, 1.807) is 6.08 Å². The molecular weight excluding hydrogens is 212 g/mol. The van der Waals surface area contributed by atoms with E-state index in [2.05, 4.69) is 27.4 Å². The first-order valence-electron chi connectivity index (χ1n) is 6.75. The molecule has 0 aliphatic carbocycles. The van der Waals surface area contributed by atoms with Crippen molar-refractivity contribution >= 4 is 0 Å². The maximum Gasteiger partial charge on any atom is 0.0797 e. The molecule has 2 heteroatoms. The Morgan fingerprint density at radius 3 is 2.59 bits per heavy atom. The Hall–Kier alpha value is -0.340. The van der Waals surface area contributed by atoms with Gasteiger partial charge in [0.1, 0.15) is 0 Å². The molecule has 2 heterocycles. The molecule has 2 fully saturated rings. The molecule has 0 radical (unpaired) electrons. The van der Waals surface area contributed by atoms with Gasteiger partial charge in [-0.2, -0.15) is 0 Å². The number of fused-ring (bicyclic) bond motifs is 2. The molecule has 2 rings (SSSR count). The van der Waals surface area contributed by atoms with Crippen molar-refractivity contribution in [3.05, 3.63) is 12.7 Å². The summed E-state index contributed by atoms with van der Waals surface area (Å²) < 4.78 is 6.18. The third-order valence-corrected chi connectivity index (χ3v) is 5.16. The van der Waals surface area contributed by atoms with Crippen LogP contribution >= 0.6 is 0 Å². The van der Waals surface area contributed by atoms with Crippen LogP contribution in [0.1, 0.15) is 53.4 Å². The zero-order chi connectivity index (χ0) is 12.9. The topological polar surface area (TPSA) is 29.5 Å². The average molecular weight is 238 g/mol. The van der Waals surface area contributed by atoms with Crippen LogP contribution in [0.15, 0.2) is 12.7 Å². The summed E-state index contributed by atoms with van der Waals surface area (Å²) in [4.78, 5) is 0. The van der Waals surface area contributed by atoms with Crippen molar-refractivity contribution in [2.24, 2.45) is 11.3 Å². The highest BCUT2D eigenvalue weighted by molar-refractivity contribution is 5.09. The second kappa shape index (κ2) is 3.83. The molecule has 0 amide bonds. The van der Waals surface area contributed by atoms with Gasteiger partial charge in [-0.3, -0.25) is 0 Å². The van der Waals surface area contributed by atoms with Gasteiger partial charge in [0.15, 0.2) is 0 Å². The fourth-order valence-electron chi connectivity index (χ4n) is 3.87. The van der Waals surface area contributed by atoms with E-state index in [0.717, 1.165) is 12.8 Å². The second-order valence-electron chi connectivity index (χ2n) is 6.93. The van der Waals surface area contributed by atoms with Gasteiger partial charge >= 0.3 is 0 Å². The van der Waals surface area contributed by atoms with E-state index >= 15 is 0 Å². The molecule has 2 nitrogen and oxygen atoms in total. The van der Waals surface area contributed by atoms with Crippen molar-refractivity contribution in [1.82, 2.24) is 0 Å². The third-order valence-electron chi connectivity index (χ3n) is 5.16. The first-order chi connectivity index (χ1) is 7.71. The average Bonchev–Trinajstić information content (AvgIpc) is 2.68. The largest absolute Gasteiger partial charge is 0.386 e. The summed E-state index contributed by atoms with van der Waals surface area (Å²) in [5.41, 5.74) is -0.468. The van der Waals surface area contributed by atoms with Gasteiger partial charge in [-0.05, 0) is 50.9 Å². The predicted octanol–water partition coefficient (Wildman–Crippen LogP) is 3.30. The normalized spacial score (nSPS) is 42.4. The third kappa shape index (κ3) is 2.06. The molecule has 1 N–H and O–H groups in total. The minimum atomic E-state index is -0.742. The van der Waals surface area contributed by atoms with Gasteiger partial charge in [-0.25, -0.2) is 0 Å². The molecule has 0 aromatic carbocycles. The molecule has 0 spiro atoms. The lowest BCUT2D eigenvalue weighted by Crippen LogP contribution is -2.41. The monoisotopic (exact) mass is 238 g/mol. The van der Waals surface area contributed by atoms with Crippen molar-refractivity contribution in [1.29, 1.82) is 0 Å². The summed E-state index contributed by atoms with van der Waals surface area (Å²) in [7, 11) is 0. The number of ether oxygens (including phenoxy) is 1. The lowest BCUT2D eigenvalue weighted by atomic mass is 9.62. The quantitative estimate of drug-likeness (QED) is 0.761. The maximum atomic E-state index is 10.0. The first-order valence-corrected chi connectivity index (χ1v) is 6.75. The molecule has 2 saturated heterocycles. The van der Waals surface area contributed by atoms with Crippen LogP contribution in [0.2, 0.25) is 0 Å². The zero-order valence-electron chi connectivity index (χ0n) is 11.6. The van der Waals surface area contributed by atoms with Gasteiger partial charge < -0.3 is 9.84 Å². The van der Waals surface area contributed by atoms with Crippen molar-refractivity contribution < 1.29 is 9.84 Å². The Kier molecular flexibility index (Phi) is 2.95. The Balaban J connectivity index is 2.08. The summed E-state index contributed by atoms with van der Waals surface area (Å²) in [5.74, 6) is 0.542. The van der Waals surface area contributed by atoms with Crippen molar-refractivity contribution in [2.45, 2.75) is 70.7 Å².